The van der Waals surface area contributed by atoms with Gasteiger partial charge in [-0.1, -0.05) is 23.4 Å². The van der Waals surface area contributed by atoms with E-state index in [1.807, 2.05) is 17.1 Å². The third-order valence-corrected chi connectivity index (χ3v) is 3.43. The van der Waals surface area contributed by atoms with Crippen molar-refractivity contribution in [3.8, 4) is 11.3 Å². The van der Waals surface area contributed by atoms with Crippen LogP contribution in [0.25, 0.3) is 11.3 Å². The van der Waals surface area contributed by atoms with Crippen molar-refractivity contribution in [2.24, 2.45) is 0 Å². The second-order valence-corrected chi connectivity index (χ2v) is 5.11. The zero-order chi connectivity index (χ0) is 14.2. The normalized spacial score (nSPS) is 10.7. The molecule has 0 aliphatic rings. The highest BCUT2D eigenvalue weighted by molar-refractivity contribution is 7.98. The molecule has 2 heterocycles. The van der Waals surface area contributed by atoms with Crippen LogP contribution in [0.3, 0.4) is 0 Å². The minimum atomic E-state index is 0.641. The molecule has 0 atom stereocenters. The van der Waals surface area contributed by atoms with Crippen LogP contribution in [0.5, 0.6) is 0 Å². The maximum Gasteiger partial charge on any atom is 0.187 e. The van der Waals surface area contributed by atoms with Crippen LogP contribution in [0, 0.1) is 0 Å². The highest BCUT2D eigenvalue weighted by Gasteiger charge is 2.05. The lowest BCUT2D eigenvalue weighted by Crippen LogP contribution is -1.98. The first-order valence-electron chi connectivity index (χ1n) is 6.53. The van der Waals surface area contributed by atoms with Gasteiger partial charge >= 0.3 is 0 Å². The van der Waals surface area contributed by atoms with Crippen LogP contribution in [-0.2, 0) is 11.3 Å². The Kier molecular flexibility index (Phi) is 5.67. The molecule has 0 saturated heterocycles. The molecule has 2 rings (SSSR count). The summed E-state index contributed by atoms with van der Waals surface area (Å²) < 4.78 is 1.82. The van der Waals surface area contributed by atoms with Crippen molar-refractivity contribution in [2.75, 3.05) is 6.26 Å². The SMILES string of the molecule is CSc1ncc(-c2cn(CCCCCC=O)nn2)cn1. The Morgan fingerprint density at radius 3 is 2.75 bits per heavy atom. The third kappa shape index (κ3) is 4.12. The van der Waals surface area contributed by atoms with Gasteiger partial charge in [-0.05, 0) is 19.1 Å². The quantitative estimate of drug-likeness (QED) is 0.321. The van der Waals surface area contributed by atoms with Gasteiger partial charge in [0, 0.05) is 30.9 Å². The minimum absolute atomic E-state index is 0.641. The smallest absolute Gasteiger partial charge is 0.187 e. The molecule has 0 amide bonds. The van der Waals surface area contributed by atoms with E-state index in [2.05, 4.69) is 20.3 Å². The Labute approximate surface area is 122 Å². The summed E-state index contributed by atoms with van der Waals surface area (Å²) in [7, 11) is 0. The summed E-state index contributed by atoms with van der Waals surface area (Å²) in [5, 5.41) is 8.96. The Bertz CT molecular complexity index is 540. The van der Waals surface area contributed by atoms with Gasteiger partial charge in [0.25, 0.3) is 0 Å². The summed E-state index contributed by atoms with van der Waals surface area (Å²) in [6.45, 7) is 0.815. The second kappa shape index (κ2) is 7.74. The lowest BCUT2D eigenvalue weighted by Gasteiger charge is -1.99. The topological polar surface area (TPSA) is 73.6 Å². The molecule has 0 N–H and O–H groups in total. The molecule has 2 aromatic heterocycles. The first-order valence-corrected chi connectivity index (χ1v) is 7.76. The highest BCUT2D eigenvalue weighted by atomic mass is 32.2. The largest absolute Gasteiger partial charge is 0.303 e. The van der Waals surface area contributed by atoms with Crippen LogP contribution in [0.2, 0.25) is 0 Å². The summed E-state index contributed by atoms with van der Waals surface area (Å²) in [6, 6.07) is 0. The first-order chi connectivity index (χ1) is 9.83. The number of thioether (sulfide) groups is 1. The Morgan fingerprint density at radius 2 is 2.05 bits per heavy atom. The van der Waals surface area contributed by atoms with E-state index >= 15 is 0 Å². The number of carbonyl (C=O) groups excluding carboxylic acids is 1. The van der Waals surface area contributed by atoms with E-state index in [1.165, 1.54) is 11.8 Å². The fourth-order valence-corrected chi connectivity index (χ4v) is 2.09. The van der Waals surface area contributed by atoms with Crippen molar-refractivity contribution in [1.29, 1.82) is 0 Å². The van der Waals surface area contributed by atoms with E-state index in [0.29, 0.717) is 6.42 Å². The van der Waals surface area contributed by atoms with Crippen molar-refractivity contribution in [3.63, 3.8) is 0 Å². The van der Waals surface area contributed by atoms with Gasteiger partial charge in [0.05, 0.1) is 6.20 Å². The van der Waals surface area contributed by atoms with Crippen molar-refractivity contribution in [2.45, 2.75) is 37.4 Å². The molecule has 0 bridgehead atoms. The Hall–Kier alpha value is -1.76. The van der Waals surface area contributed by atoms with Gasteiger partial charge < -0.3 is 4.79 Å². The number of aldehydes is 1. The summed E-state index contributed by atoms with van der Waals surface area (Å²) in [5.41, 5.74) is 1.65. The van der Waals surface area contributed by atoms with Gasteiger partial charge in [-0.25, -0.2) is 9.97 Å². The van der Waals surface area contributed by atoms with E-state index in [1.54, 1.807) is 12.4 Å². The Balaban J connectivity index is 1.89. The van der Waals surface area contributed by atoms with E-state index in [0.717, 1.165) is 48.5 Å². The first kappa shape index (κ1) is 14.6. The fourth-order valence-electron chi connectivity index (χ4n) is 1.77. The minimum Gasteiger partial charge on any atom is -0.303 e. The summed E-state index contributed by atoms with van der Waals surface area (Å²) >= 11 is 1.51. The summed E-state index contributed by atoms with van der Waals surface area (Å²) in [5.74, 6) is 0. The van der Waals surface area contributed by atoms with Gasteiger partial charge in [0.2, 0.25) is 0 Å². The number of aromatic nitrogens is 5. The molecule has 0 radical (unpaired) electrons. The van der Waals surface area contributed by atoms with Crippen LogP contribution in [0.4, 0.5) is 0 Å². The van der Waals surface area contributed by atoms with Crippen molar-refractivity contribution >= 4 is 18.0 Å². The molecular weight excluding hydrogens is 274 g/mol. The molecule has 20 heavy (non-hydrogen) atoms. The average molecular weight is 291 g/mol. The predicted molar refractivity (Wildman–Crippen MR) is 77.4 cm³/mol. The molecule has 6 nitrogen and oxygen atoms in total. The number of nitrogens with zero attached hydrogens (tertiary/aromatic N) is 5. The molecule has 7 heteroatoms. The molecule has 0 saturated carbocycles. The number of aryl methyl sites for hydroxylation is 1. The maximum absolute atomic E-state index is 10.2. The number of carbonyl (C=O) groups is 1. The van der Waals surface area contributed by atoms with E-state index in [4.69, 9.17) is 0 Å². The zero-order valence-electron chi connectivity index (χ0n) is 11.4. The lowest BCUT2D eigenvalue weighted by atomic mass is 10.2. The van der Waals surface area contributed by atoms with Crippen LogP contribution < -0.4 is 0 Å². The van der Waals surface area contributed by atoms with Crippen LogP contribution in [-0.4, -0.2) is 37.5 Å². The zero-order valence-corrected chi connectivity index (χ0v) is 12.2. The summed E-state index contributed by atoms with van der Waals surface area (Å²) in [4.78, 5) is 18.6. The number of unbranched alkanes of at least 4 members (excludes halogenated alkanes) is 3. The van der Waals surface area contributed by atoms with Crippen molar-refractivity contribution in [1.82, 2.24) is 25.0 Å². The monoisotopic (exact) mass is 291 g/mol. The molecule has 0 spiro atoms. The average Bonchev–Trinajstić information content (AvgIpc) is 2.96. The predicted octanol–water partition coefficient (Wildman–Crippen LogP) is 2.22. The Morgan fingerprint density at radius 1 is 1.25 bits per heavy atom. The number of rotatable bonds is 8. The van der Waals surface area contributed by atoms with Gasteiger partial charge in [-0.15, -0.1) is 5.10 Å². The fraction of sp³-hybridized carbons (Fsp3) is 0.462. The van der Waals surface area contributed by atoms with Gasteiger partial charge in [0.15, 0.2) is 5.16 Å². The number of hydrogen-bond acceptors (Lipinski definition) is 6. The van der Waals surface area contributed by atoms with E-state index in [-0.39, 0.29) is 0 Å². The molecule has 2 aromatic rings. The molecule has 0 fully saturated rings. The molecule has 0 aromatic carbocycles. The van der Waals surface area contributed by atoms with Crippen LogP contribution in [0.1, 0.15) is 25.7 Å². The van der Waals surface area contributed by atoms with Gasteiger partial charge in [-0.2, -0.15) is 0 Å². The number of hydrogen-bond donors (Lipinski definition) is 0. The van der Waals surface area contributed by atoms with Crippen LogP contribution >= 0.6 is 11.8 Å². The van der Waals surface area contributed by atoms with E-state index in [9.17, 15) is 4.79 Å². The van der Waals surface area contributed by atoms with Gasteiger partial charge in [0.1, 0.15) is 12.0 Å². The van der Waals surface area contributed by atoms with Crippen LogP contribution in [0.15, 0.2) is 23.7 Å². The van der Waals surface area contributed by atoms with Crippen molar-refractivity contribution in [3.05, 3.63) is 18.6 Å². The summed E-state index contributed by atoms with van der Waals surface area (Å²) in [6.07, 6.45) is 11.9. The van der Waals surface area contributed by atoms with Gasteiger partial charge in [-0.3, -0.25) is 4.68 Å². The molecule has 0 aliphatic carbocycles. The molecule has 0 aliphatic heterocycles. The molecular formula is C13H17N5OS. The standard InChI is InChI=1S/C13H17N5OS/c1-20-13-14-8-11(9-15-13)12-10-18(17-16-12)6-4-2-3-5-7-19/h7-10H,2-6H2,1H3. The van der Waals surface area contributed by atoms with E-state index < -0.39 is 0 Å². The second-order valence-electron chi connectivity index (χ2n) is 4.34. The maximum atomic E-state index is 10.2. The molecule has 0 unspecified atom stereocenters. The molecule has 106 valence electrons. The lowest BCUT2D eigenvalue weighted by molar-refractivity contribution is -0.107. The third-order valence-electron chi connectivity index (χ3n) is 2.85. The highest BCUT2D eigenvalue weighted by Crippen LogP contribution is 2.16. The van der Waals surface area contributed by atoms with Crippen molar-refractivity contribution < 1.29 is 4.79 Å².